The molecule has 0 atom stereocenters. The van der Waals surface area contributed by atoms with Gasteiger partial charge in [-0.15, -0.1) is 0 Å². The topological polar surface area (TPSA) is 110 Å². The Hall–Kier alpha value is -4.12. The molecular weight excluding hydrogens is 496 g/mol. The van der Waals surface area contributed by atoms with E-state index in [1.165, 1.54) is 18.4 Å². The molecule has 4 rings (SSSR count). The number of nitrogens with one attached hydrogen (secondary N) is 1. The number of piperazine rings is 1. The standard InChI is InChI=1S/C26H28N4O6S/c1-18-23(24(32)28-20-8-10-21(11-9-20)35-17-22(31)34-2)37-25(27-18)29-12-14-30(15-13-29)26(33)36-16-19-6-4-3-5-7-19/h3-11H,12-17H2,1-2H3,(H,28,32). The SMILES string of the molecule is COC(=O)COc1ccc(NC(=O)c2sc(N3CCN(C(=O)OCc4ccccc4)CC3)nc2C)cc1. The molecule has 2 heterocycles. The Kier molecular flexibility index (Phi) is 8.57. The van der Waals surface area contributed by atoms with Crippen molar-refractivity contribution in [3.8, 4) is 5.75 Å². The predicted octanol–water partition coefficient (Wildman–Crippen LogP) is 3.71. The van der Waals surface area contributed by atoms with Crippen molar-refractivity contribution in [1.82, 2.24) is 9.88 Å². The second kappa shape index (κ2) is 12.2. The van der Waals surface area contributed by atoms with Crippen molar-refractivity contribution in [3.05, 3.63) is 70.7 Å². The van der Waals surface area contributed by atoms with E-state index in [-0.39, 0.29) is 25.2 Å². The van der Waals surface area contributed by atoms with E-state index in [4.69, 9.17) is 9.47 Å². The van der Waals surface area contributed by atoms with Crippen LogP contribution >= 0.6 is 11.3 Å². The second-order valence-corrected chi connectivity index (χ2v) is 9.25. The Morgan fingerprint density at radius 2 is 1.70 bits per heavy atom. The summed E-state index contributed by atoms with van der Waals surface area (Å²) in [7, 11) is 1.29. The number of aromatic nitrogens is 1. The van der Waals surface area contributed by atoms with Crippen LogP contribution in [0.5, 0.6) is 5.75 Å². The molecule has 1 N–H and O–H groups in total. The van der Waals surface area contributed by atoms with Crippen LogP contribution in [0.25, 0.3) is 0 Å². The minimum Gasteiger partial charge on any atom is -0.482 e. The normalized spacial score (nSPS) is 13.1. The second-order valence-electron chi connectivity index (χ2n) is 8.27. The molecule has 0 unspecified atom stereocenters. The van der Waals surface area contributed by atoms with Gasteiger partial charge in [0, 0.05) is 31.9 Å². The molecule has 1 aromatic heterocycles. The Bertz CT molecular complexity index is 1220. The van der Waals surface area contributed by atoms with Gasteiger partial charge in [-0.25, -0.2) is 14.6 Å². The maximum Gasteiger partial charge on any atom is 0.410 e. The third-order valence-electron chi connectivity index (χ3n) is 5.70. The van der Waals surface area contributed by atoms with Crippen molar-refractivity contribution < 1.29 is 28.6 Å². The number of hydrogen-bond donors (Lipinski definition) is 1. The fraction of sp³-hybridized carbons (Fsp3) is 0.308. The molecule has 0 bridgehead atoms. The smallest absolute Gasteiger partial charge is 0.410 e. The molecule has 1 aliphatic rings. The maximum absolute atomic E-state index is 12.9. The van der Waals surface area contributed by atoms with Crippen LogP contribution in [-0.4, -0.2) is 67.7 Å². The van der Waals surface area contributed by atoms with Gasteiger partial charge in [0.2, 0.25) is 0 Å². The average Bonchev–Trinajstić information content (AvgIpc) is 3.33. The Morgan fingerprint density at radius 3 is 2.38 bits per heavy atom. The van der Waals surface area contributed by atoms with E-state index in [2.05, 4.69) is 19.9 Å². The highest BCUT2D eigenvalue weighted by atomic mass is 32.1. The first-order valence-electron chi connectivity index (χ1n) is 11.7. The molecule has 194 valence electrons. The summed E-state index contributed by atoms with van der Waals surface area (Å²) in [4.78, 5) is 45.4. The van der Waals surface area contributed by atoms with Gasteiger partial charge in [0.25, 0.3) is 5.91 Å². The number of rotatable bonds is 8. The van der Waals surface area contributed by atoms with Gasteiger partial charge >= 0.3 is 12.1 Å². The maximum atomic E-state index is 12.9. The van der Waals surface area contributed by atoms with Crippen LogP contribution < -0.4 is 15.0 Å². The summed E-state index contributed by atoms with van der Waals surface area (Å²) in [6.07, 6.45) is -0.333. The number of anilines is 2. The Labute approximate surface area is 218 Å². The minimum absolute atomic E-state index is 0.186. The largest absolute Gasteiger partial charge is 0.482 e. The molecule has 1 saturated heterocycles. The number of esters is 1. The van der Waals surface area contributed by atoms with Crippen LogP contribution in [-0.2, 0) is 20.9 Å². The van der Waals surface area contributed by atoms with Crippen molar-refractivity contribution in [2.75, 3.05) is 50.1 Å². The quantitative estimate of drug-likeness (QED) is 0.444. The molecule has 2 aromatic carbocycles. The number of amides is 2. The van der Waals surface area contributed by atoms with E-state index >= 15 is 0 Å². The Balaban J connectivity index is 1.27. The summed E-state index contributed by atoms with van der Waals surface area (Å²) in [5, 5.41) is 3.61. The lowest BCUT2D eigenvalue weighted by molar-refractivity contribution is -0.142. The van der Waals surface area contributed by atoms with Gasteiger partial charge in [0.15, 0.2) is 11.7 Å². The lowest BCUT2D eigenvalue weighted by Crippen LogP contribution is -2.48. The van der Waals surface area contributed by atoms with Crippen LogP contribution in [0.4, 0.5) is 15.6 Å². The third-order valence-corrected chi connectivity index (χ3v) is 6.92. The molecule has 10 nitrogen and oxygen atoms in total. The highest BCUT2D eigenvalue weighted by molar-refractivity contribution is 7.17. The number of methoxy groups -OCH3 is 1. The number of benzene rings is 2. The van der Waals surface area contributed by atoms with Crippen LogP contribution in [0.1, 0.15) is 20.9 Å². The molecule has 1 aliphatic heterocycles. The number of carbonyl (C=O) groups excluding carboxylic acids is 3. The molecule has 3 aromatic rings. The van der Waals surface area contributed by atoms with Gasteiger partial charge in [0.05, 0.1) is 12.8 Å². The molecule has 37 heavy (non-hydrogen) atoms. The highest BCUT2D eigenvalue weighted by Crippen LogP contribution is 2.28. The van der Waals surface area contributed by atoms with Crippen LogP contribution in [0.2, 0.25) is 0 Å². The van der Waals surface area contributed by atoms with Crippen molar-refractivity contribution >= 4 is 40.1 Å². The summed E-state index contributed by atoms with van der Waals surface area (Å²) < 4.78 is 15.3. The predicted molar refractivity (Wildman–Crippen MR) is 139 cm³/mol. The van der Waals surface area contributed by atoms with Gasteiger partial charge in [-0.2, -0.15) is 0 Å². The molecule has 0 aliphatic carbocycles. The van der Waals surface area contributed by atoms with Crippen molar-refractivity contribution in [1.29, 1.82) is 0 Å². The molecule has 11 heteroatoms. The zero-order valence-corrected chi connectivity index (χ0v) is 21.5. The van der Waals surface area contributed by atoms with Crippen LogP contribution in [0, 0.1) is 6.92 Å². The number of hydrogen-bond acceptors (Lipinski definition) is 9. The molecule has 2 amide bonds. The summed E-state index contributed by atoms with van der Waals surface area (Å²) in [6.45, 7) is 4.08. The number of aryl methyl sites for hydroxylation is 1. The molecule has 1 fully saturated rings. The summed E-state index contributed by atoms with van der Waals surface area (Å²) in [5.74, 6) is -0.242. The van der Waals surface area contributed by atoms with Gasteiger partial charge in [0.1, 0.15) is 17.2 Å². The fourth-order valence-corrected chi connectivity index (χ4v) is 4.66. The minimum atomic E-state index is -0.474. The lowest BCUT2D eigenvalue weighted by Gasteiger charge is -2.33. The van der Waals surface area contributed by atoms with Gasteiger partial charge < -0.3 is 29.3 Å². The first-order valence-corrected chi connectivity index (χ1v) is 12.5. The average molecular weight is 525 g/mol. The highest BCUT2D eigenvalue weighted by Gasteiger charge is 2.25. The zero-order chi connectivity index (χ0) is 26.2. The zero-order valence-electron chi connectivity index (χ0n) is 20.6. The van der Waals surface area contributed by atoms with E-state index in [1.54, 1.807) is 36.1 Å². The number of nitrogens with zero attached hydrogens (tertiary/aromatic N) is 3. The van der Waals surface area contributed by atoms with E-state index in [0.29, 0.717) is 48.2 Å². The van der Waals surface area contributed by atoms with Crippen LogP contribution in [0.15, 0.2) is 54.6 Å². The van der Waals surface area contributed by atoms with Crippen molar-refractivity contribution in [2.45, 2.75) is 13.5 Å². The molecule has 0 spiro atoms. The fourth-order valence-electron chi connectivity index (χ4n) is 3.64. The lowest BCUT2D eigenvalue weighted by atomic mass is 10.2. The summed E-state index contributed by atoms with van der Waals surface area (Å²) >= 11 is 1.32. The summed E-state index contributed by atoms with van der Waals surface area (Å²) in [5.41, 5.74) is 2.18. The van der Waals surface area contributed by atoms with Gasteiger partial charge in [-0.05, 0) is 36.8 Å². The molecule has 0 saturated carbocycles. The number of thiazole rings is 1. The Morgan fingerprint density at radius 1 is 1.00 bits per heavy atom. The number of ether oxygens (including phenoxy) is 3. The van der Waals surface area contributed by atoms with Crippen molar-refractivity contribution in [2.24, 2.45) is 0 Å². The molecular formula is C26H28N4O6S. The molecule has 0 radical (unpaired) electrons. The third kappa shape index (κ3) is 6.98. The first kappa shape index (κ1) is 26.0. The van der Waals surface area contributed by atoms with Crippen LogP contribution in [0.3, 0.4) is 0 Å². The monoisotopic (exact) mass is 524 g/mol. The van der Waals surface area contributed by atoms with Gasteiger partial charge in [-0.3, -0.25) is 4.79 Å². The van der Waals surface area contributed by atoms with Crippen molar-refractivity contribution in [3.63, 3.8) is 0 Å². The summed E-state index contributed by atoms with van der Waals surface area (Å²) in [6, 6.07) is 16.3. The van der Waals surface area contributed by atoms with E-state index in [9.17, 15) is 14.4 Å². The van der Waals surface area contributed by atoms with E-state index in [0.717, 1.165) is 10.7 Å². The van der Waals surface area contributed by atoms with Gasteiger partial charge in [-0.1, -0.05) is 41.7 Å². The van der Waals surface area contributed by atoms with E-state index < -0.39 is 5.97 Å². The van der Waals surface area contributed by atoms with E-state index in [1.807, 2.05) is 30.3 Å². The number of carbonyl (C=O) groups is 3. The first-order chi connectivity index (χ1) is 17.9.